The van der Waals surface area contributed by atoms with Gasteiger partial charge in [0.1, 0.15) is 6.54 Å². The number of carbonyl (C=O) groups is 2. The van der Waals surface area contributed by atoms with Gasteiger partial charge in [0.2, 0.25) is 5.91 Å². The van der Waals surface area contributed by atoms with E-state index < -0.39 is 41.5 Å². The van der Waals surface area contributed by atoms with Crippen molar-refractivity contribution in [3.8, 4) is 11.4 Å². The Kier molecular flexibility index (Phi) is 6.96. The molecule has 0 spiro atoms. The van der Waals surface area contributed by atoms with Crippen molar-refractivity contribution in [3.05, 3.63) is 77.9 Å². The molecule has 1 aromatic heterocycles. The Morgan fingerprint density at radius 3 is 2.29 bits per heavy atom. The first kappa shape index (κ1) is 21.9. The molecule has 1 heterocycles. The van der Waals surface area contributed by atoms with Gasteiger partial charge in [-0.05, 0) is 18.6 Å². The van der Waals surface area contributed by atoms with Crippen molar-refractivity contribution in [3.63, 3.8) is 0 Å². The first-order valence-corrected chi connectivity index (χ1v) is 9.50. The normalized spacial score (nSPS) is 10.6. The number of carbonyl (C=O) groups excluding carboxylic acids is 2. The van der Waals surface area contributed by atoms with Crippen LogP contribution in [0.1, 0.15) is 23.7 Å². The Labute approximate surface area is 176 Å². The minimum atomic E-state index is -1.69. The van der Waals surface area contributed by atoms with Gasteiger partial charge < -0.3 is 10.2 Å². The van der Waals surface area contributed by atoms with E-state index in [2.05, 4.69) is 15.3 Å². The van der Waals surface area contributed by atoms with E-state index in [1.165, 1.54) is 17.3 Å². The summed E-state index contributed by atoms with van der Waals surface area (Å²) in [6.45, 7) is 1.65. The molecule has 1 N–H and O–H groups in total. The van der Waals surface area contributed by atoms with E-state index in [9.17, 15) is 22.8 Å². The predicted octanol–water partition coefficient (Wildman–Crippen LogP) is 4.05. The number of amides is 2. The maximum atomic E-state index is 13.8. The summed E-state index contributed by atoms with van der Waals surface area (Å²) in [5.74, 6) is -5.35. The van der Waals surface area contributed by atoms with Gasteiger partial charge in [-0.1, -0.05) is 37.3 Å². The molecule has 2 amide bonds. The molecular formula is C22H19F3N4O2. The van der Waals surface area contributed by atoms with Crippen molar-refractivity contribution in [1.82, 2.24) is 14.9 Å². The van der Waals surface area contributed by atoms with Crippen LogP contribution < -0.4 is 5.32 Å². The molecule has 0 aliphatic carbocycles. The monoisotopic (exact) mass is 428 g/mol. The Balaban J connectivity index is 1.72. The second-order valence-electron chi connectivity index (χ2n) is 6.66. The summed E-state index contributed by atoms with van der Waals surface area (Å²) in [7, 11) is 0. The van der Waals surface area contributed by atoms with Crippen LogP contribution in [0, 0.1) is 17.5 Å². The van der Waals surface area contributed by atoms with Crippen molar-refractivity contribution in [1.29, 1.82) is 0 Å². The lowest BCUT2D eigenvalue weighted by atomic mass is 10.2. The maximum Gasteiger partial charge on any atom is 0.257 e. The first-order chi connectivity index (χ1) is 14.9. The third-order valence-electron chi connectivity index (χ3n) is 4.36. The fraction of sp³-hybridized carbons (Fsp3) is 0.182. The fourth-order valence-corrected chi connectivity index (χ4v) is 2.87. The first-order valence-electron chi connectivity index (χ1n) is 9.50. The molecule has 0 saturated heterocycles. The third-order valence-corrected chi connectivity index (χ3v) is 4.36. The number of benzene rings is 2. The second kappa shape index (κ2) is 9.84. The van der Waals surface area contributed by atoms with E-state index >= 15 is 0 Å². The van der Waals surface area contributed by atoms with Crippen molar-refractivity contribution < 1.29 is 22.8 Å². The van der Waals surface area contributed by atoms with Crippen LogP contribution in [0.2, 0.25) is 0 Å². The molecule has 3 rings (SSSR count). The van der Waals surface area contributed by atoms with Gasteiger partial charge in [-0.15, -0.1) is 0 Å². The lowest BCUT2D eigenvalue weighted by Crippen LogP contribution is -2.38. The van der Waals surface area contributed by atoms with Crippen molar-refractivity contribution in [2.24, 2.45) is 0 Å². The number of nitrogens with one attached hydrogen (secondary N) is 1. The average molecular weight is 428 g/mol. The van der Waals surface area contributed by atoms with Gasteiger partial charge in [-0.3, -0.25) is 9.59 Å². The predicted molar refractivity (Wildman–Crippen MR) is 109 cm³/mol. The van der Waals surface area contributed by atoms with Crippen LogP contribution in [-0.4, -0.2) is 39.8 Å². The number of anilines is 1. The smallest absolute Gasteiger partial charge is 0.257 e. The molecule has 0 aliphatic heterocycles. The molecule has 0 saturated carbocycles. The molecule has 0 radical (unpaired) electrons. The highest BCUT2D eigenvalue weighted by atomic mass is 19.2. The van der Waals surface area contributed by atoms with Crippen LogP contribution in [-0.2, 0) is 4.79 Å². The minimum Gasteiger partial charge on any atom is -0.329 e. The molecule has 0 atom stereocenters. The van der Waals surface area contributed by atoms with Crippen molar-refractivity contribution in [2.45, 2.75) is 13.3 Å². The zero-order valence-electron chi connectivity index (χ0n) is 16.6. The second-order valence-corrected chi connectivity index (χ2v) is 6.66. The summed E-state index contributed by atoms with van der Waals surface area (Å²) in [5, 5.41) is 2.16. The molecule has 2 aromatic carbocycles. The molecule has 0 unspecified atom stereocenters. The quantitative estimate of drug-likeness (QED) is 0.576. The van der Waals surface area contributed by atoms with Gasteiger partial charge >= 0.3 is 0 Å². The third kappa shape index (κ3) is 5.25. The van der Waals surface area contributed by atoms with Crippen LogP contribution in [0.15, 0.2) is 54.9 Å². The van der Waals surface area contributed by atoms with Gasteiger partial charge in [-0.25, -0.2) is 23.1 Å². The standard InChI is InChI=1S/C22H19F3N4O2/c1-2-10-29(13-18(30)28-17-9-8-16(23)19(24)20(17)25)22(31)15-11-26-21(27-12-15)14-6-4-3-5-7-14/h3-9,11-12H,2,10,13H2,1H3,(H,28,30). The summed E-state index contributed by atoms with van der Waals surface area (Å²) in [6, 6.07) is 10.8. The van der Waals surface area contributed by atoms with Crippen LogP contribution >= 0.6 is 0 Å². The number of hydrogen-bond donors (Lipinski definition) is 1. The van der Waals surface area contributed by atoms with E-state index in [-0.39, 0.29) is 12.1 Å². The molecule has 31 heavy (non-hydrogen) atoms. The summed E-state index contributed by atoms with van der Waals surface area (Å²) in [6.07, 6.45) is 3.29. The largest absolute Gasteiger partial charge is 0.329 e. The number of hydrogen-bond acceptors (Lipinski definition) is 4. The van der Waals surface area contributed by atoms with E-state index in [1.807, 2.05) is 37.3 Å². The molecule has 160 valence electrons. The molecule has 0 bridgehead atoms. The van der Waals surface area contributed by atoms with Crippen LogP contribution in [0.25, 0.3) is 11.4 Å². The summed E-state index contributed by atoms with van der Waals surface area (Å²) in [4.78, 5) is 34.8. The Hall–Kier alpha value is -3.75. The minimum absolute atomic E-state index is 0.180. The van der Waals surface area contributed by atoms with Gasteiger partial charge in [0.05, 0.1) is 11.3 Å². The number of halogens is 3. The van der Waals surface area contributed by atoms with E-state index in [4.69, 9.17) is 0 Å². The topological polar surface area (TPSA) is 75.2 Å². The van der Waals surface area contributed by atoms with Gasteiger partial charge in [0.25, 0.3) is 5.91 Å². The van der Waals surface area contributed by atoms with Crippen LogP contribution in [0.5, 0.6) is 0 Å². The van der Waals surface area contributed by atoms with Crippen LogP contribution in [0.4, 0.5) is 18.9 Å². The van der Waals surface area contributed by atoms with Gasteiger partial charge in [-0.2, -0.15) is 0 Å². The average Bonchev–Trinajstić information content (AvgIpc) is 2.79. The lowest BCUT2D eigenvalue weighted by molar-refractivity contribution is -0.116. The highest BCUT2D eigenvalue weighted by Crippen LogP contribution is 2.20. The Morgan fingerprint density at radius 1 is 0.968 bits per heavy atom. The Morgan fingerprint density at radius 2 is 1.65 bits per heavy atom. The van der Waals surface area contributed by atoms with Gasteiger partial charge in [0.15, 0.2) is 23.3 Å². The summed E-state index contributed by atoms with van der Waals surface area (Å²) < 4.78 is 40.2. The summed E-state index contributed by atoms with van der Waals surface area (Å²) in [5.41, 5.74) is 0.461. The zero-order chi connectivity index (χ0) is 22.4. The molecule has 9 heteroatoms. The number of nitrogens with zero attached hydrogens (tertiary/aromatic N) is 3. The zero-order valence-corrected chi connectivity index (χ0v) is 16.6. The number of aromatic nitrogens is 2. The Bertz CT molecular complexity index is 1080. The number of rotatable bonds is 7. The highest BCUT2D eigenvalue weighted by molar-refractivity contribution is 5.99. The van der Waals surface area contributed by atoms with Crippen molar-refractivity contribution >= 4 is 17.5 Å². The SMILES string of the molecule is CCCN(CC(=O)Nc1ccc(F)c(F)c1F)C(=O)c1cnc(-c2ccccc2)nc1. The molecule has 3 aromatic rings. The fourth-order valence-electron chi connectivity index (χ4n) is 2.87. The molecular weight excluding hydrogens is 409 g/mol. The molecule has 0 aliphatic rings. The van der Waals surface area contributed by atoms with Crippen LogP contribution in [0.3, 0.4) is 0 Å². The molecule has 6 nitrogen and oxygen atoms in total. The van der Waals surface area contributed by atoms with Crippen molar-refractivity contribution in [2.75, 3.05) is 18.4 Å². The summed E-state index contributed by atoms with van der Waals surface area (Å²) >= 11 is 0. The van der Waals surface area contributed by atoms with E-state index in [0.29, 0.717) is 18.3 Å². The molecule has 0 fully saturated rings. The maximum absolute atomic E-state index is 13.8. The van der Waals surface area contributed by atoms with Gasteiger partial charge in [0, 0.05) is 24.5 Å². The lowest BCUT2D eigenvalue weighted by Gasteiger charge is -2.21. The van der Waals surface area contributed by atoms with E-state index in [1.54, 1.807) is 0 Å². The van der Waals surface area contributed by atoms with E-state index in [0.717, 1.165) is 11.6 Å². The highest BCUT2D eigenvalue weighted by Gasteiger charge is 2.21.